The molecule has 4 rings (SSSR count). The highest BCUT2D eigenvalue weighted by atomic mass is 19.1. The van der Waals surface area contributed by atoms with E-state index in [-0.39, 0.29) is 40.6 Å². The monoisotopic (exact) mass is 557 g/mol. The van der Waals surface area contributed by atoms with Crippen molar-refractivity contribution in [3.63, 3.8) is 0 Å². The zero-order valence-corrected chi connectivity index (χ0v) is 24.7. The van der Waals surface area contributed by atoms with E-state index in [1.165, 1.54) is 25.3 Å². The Hall–Kier alpha value is -3.05. The van der Waals surface area contributed by atoms with Crippen molar-refractivity contribution < 1.29 is 18.7 Å². The molecule has 0 radical (unpaired) electrons. The first kappa shape index (κ1) is 29.9. The molecule has 1 spiro atoms. The lowest BCUT2D eigenvalue weighted by Gasteiger charge is -2.53. The average Bonchev–Trinajstić information content (AvgIpc) is 3.35. The summed E-state index contributed by atoms with van der Waals surface area (Å²) < 4.78 is 25.7. The third kappa shape index (κ3) is 6.30. The van der Waals surface area contributed by atoms with Crippen molar-refractivity contribution >= 4 is 11.7 Å². The molecule has 2 N–H and O–H groups in total. The van der Waals surface area contributed by atoms with Gasteiger partial charge in [0.2, 0.25) is 0 Å². The number of ether oxygens (including phenoxy) is 2. The Morgan fingerprint density at radius 3 is 2.58 bits per heavy atom. The van der Waals surface area contributed by atoms with Gasteiger partial charge in [-0.3, -0.25) is 9.69 Å². The molecule has 220 valence electrons. The standard InChI is InChI=1S/C29H44FN7O3/c1-7-37(20(4)5)27(38)22-15-21(30)10-11-24(22)40-26-25(32-28(39-6)34-33-26)35-14-12-29(16-35)17-36(18-29)23(19(2)3)9-8-13-31/h10-11,15,19-20,23H,7-9,12-14,16-18,31H2,1-6H3. The van der Waals surface area contributed by atoms with Crippen LogP contribution >= 0.6 is 0 Å². The number of likely N-dealkylation sites (tertiary alicyclic amines) is 1. The summed E-state index contributed by atoms with van der Waals surface area (Å²) in [6, 6.07) is 4.54. The molecule has 2 saturated heterocycles. The summed E-state index contributed by atoms with van der Waals surface area (Å²) in [7, 11) is 1.49. The van der Waals surface area contributed by atoms with Gasteiger partial charge in [-0.1, -0.05) is 18.9 Å². The van der Waals surface area contributed by atoms with E-state index in [4.69, 9.17) is 15.2 Å². The first-order chi connectivity index (χ1) is 19.1. The summed E-state index contributed by atoms with van der Waals surface area (Å²) >= 11 is 0. The van der Waals surface area contributed by atoms with E-state index in [1.54, 1.807) is 4.90 Å². The number of rotatable bonds is 12. The van der Waals surface area contributed by atoms with E-state index >= 15 is 0 Å². The van der Waals surface area contributed by atoms with Crippen LogP contribution in [-0.2, 0) is 0 Å². The number of hydrogen-bond acceptors (Lipinski definition) is 9. The van der Waals surface area contributed by atoms with E-state index < -0.39 is 5.82 Å². The molecule has 0 aliphatic carbocycles. The van der Waals surface area contributed by atoms with Gasteiger partial charge >= 0.3 is 6.01 Å². The van der Waals surface area contributed by atoms with Crippen molar-refractivity contribution in [1.29, 1.82) is 0 Å². The van der Waals surface area contributed by atoms with Crippen LogP contribution < -0.4 is 20.1 Å². The number of carbonyl (C=O) groups is 1. The molecule has 10 nitrogen and oxygen atoms in total. The Morgan fingerprint density at radius 2 is 1.95 bits per heavy atom. The van der Waals surface area contributed by atoms with E-state index in [0.29, 0.717) is 24.3 Å². The van der Waals surface area contributed by atoms with Crippen LogP contribution in [0.4, 0.5) is 10.2 Å². The molecule has 2 fully saturated rings. The number of anilines is 1. The van der Waals surface area contributed by atoms with Crippen LogP contribution in [0.1, 0.15) is 64.2 Å². The van der Waals surface area contributed by atoms with Gasteiger partial charge in [0.1, 0.15) is 11.6 Å². The molecule has 11 heteroatoms. The van der Waals surface area contributed by atoms with E-state index in [2.05, 4.69) is 38.8 Å². The zero-order valence-electron chi connectivity index (χ0n) is 24.7. The molecule has 1 unspecified atom stereocenters. The van der Waals surface area contributed by atoms with Crippen LogP contribution in [0.2, 0.25) is 0 Å². The van der Waals surface area contributed by atoms with Crippen molar-refractivity contribution in [1.82, 2.24) is 25.0 Å². The highest BCUT2D eigenvalue weighted by molar-refractivity contribution is 5.97. The first-order valence-corrected chi connectivity index (χ1v) is 14.4. The number of amides is 1. The number of aromatic nitrogens is 3. The van der Waals surface area contributed by atoms with Gasteiger partial charge < -0.3 is 25.0 Å². The number of halogens is 1. The van der Waals surface area contributed by atoms with Crippen LogP contribution in [0.3, 0.4) is 0 Å². The fourth-order valence-electron chi connectivity index (χ4n) is 6.10. The molecule has 40 heavy (non-hydrogen) atoms. The number of hydrogen-bond donors (Lipinski definition) is 1. The Morgan fingerprint density at radius 1 is 1.20 bits per heavy atom. The maximum Gasteiger partial charge on any atom is 0.337 e. The SMILES string of the molecule is CCN(C(=O)c1cc(F)ccc1Oc1nnc(OC)nc1N1CCC2(C1)CN(C(CCCN)C(C)C)C2)C(C)C. The molecule has 2 aliphatic rings. The van der Waals surface area contributed by atoms with Crippen molar-refractivity contribution in [2.24, 2.45) is 17.1 Å². The van der Waals surface area contributed by atoms with Crippen molar-refractivity contribution in [2.75, 3.05) is 51.3 Å². The van der Waals surface area contributed by atoms with Crippen LogP contribution in [0, 0.1) is 17.2 Å². The van der Waals surface area contributed by atoms with Crippen LogP contribution in [0.15, 0.2) is 18.2 Å². The quantitative estimate of drug-likeness (QED) is 0.415. The third-order valence-corrected chi connectivity index (χ3v) is 8.16. The summed E-state index contributed by atoms with van der Waals surface area (Å²) in [5.74, 6) is 0.610. The van der Waals surface area contributed by atoms with Crippen LogP contribution in [0.5, 0.6) is 17.6 Å². The normalized spacial score (nSPS) is 17.4. The Kier molecular flexibility index (Phi) is 9.45. The Bertz CT molecular complexity index is 1170. The second-order valence-corrected chi connectivity index (χ2v) is 11.7. The molecule has 0 saturated carbocycles. The van der Waals surface area contributed by atoms with Crippen LogP contribution in [-0.4, -0.2) is 89.4 Å². The van der Waals surface area contributed by atoms with Gasteiger partial charge in [-0.15, -0.1) is 5.10 Å². The number of nitrogens with zero attached hydrogens (tertiary/aromatic N) is 6. The lowest BCUT2D eigenvalue weighted by molar-refractivity contribution is -0.0337. The molecule has 2 aromatic rings. The van der Waals surface area contributed by atoms with E-state index in [0.717, 1.165) is 52.0 Å². The molecule has 1 amide bonds. The van der Waals surface area contributed by atoms with E-state index in [1.807, 2.05) is 20.8 Å². The van der Waals surface area contributed by atoms with Gasteiger partial charge in [-0.25, -0.2) is 4.39 Å². The van der Waals surface area contributed by atoms with Gasteiger partial charge in [-0.05, 0) is 70.7 Å². The molecule has 0 bridgehead atoms. The topological polar surface area (TPSA) is 110 Å². The number of benzene rings is 1. The lowest BCUT2D eigenvalue weighted by Crippen LogP contribution is -2.62. The molecule has 1 aromatic heterocycles. The smallest absolute Gasteiger partial charge is 0.337 e. The average molecular weight is 558 g/mol. The summed E-state index contributed by atoms with van der Waals surface area (Å²) in [6.45, 7) is 15.1. The highest BCUT2D eigenvalue weighted by Gasteiger charge is 2.50. The predicted octanol–water partition coefficient (Wildman–Crippen LogP) is 3.96. The van der Waals surface area contributed by atoms with Crippen LogP contribution in [0.25, 0.3) is 0 Å². The van der Waals surface area contributed by atoms with Gasteiger partial charge in [0, 0.05) is 50.2 Å². The molecular weight excluding hydrogens is 513 g/mol. The molecule has 2 aliphatic heterocycles. The van der Waals surface area contributed by atoms with E-state index in [9.17, 15) is 9.18 Å². The maximum absolute atomic E-state index is 14.3. The Labute approximate surface area is 237 Å². The predicted molar refractivity (Wildman–Crippen MR) is 152 cm³/mol. The van der Waals surface area contributed by atoms with Crippen molar-refractivity contribution in [2.45, 2.75) is 66.0 Å². The van der Waals surface area contributed by atoms with Gasteiger partial charge in [0.25, 0.3) is 11.8 Å². The number of carbonyl (C=O) groups excluding carboxylic acids is 1. The number of methoxy groups -OCH3 is 1. The minimum atomic E-state index is -0.517. The molecule has 1 aromatic carbocycles. The minimum absolute atomic E-state index is 0.0555. The largest absolute Gasteiger partial charge is 0.466 e. The molecule has 3 heterocycles. The lowest BCUT2D eigenvalue weighted by atomic mass is 9.76. The molecule has 1 atom stereocenters. The first-order valence-electron chi connectivity index (χ1n) is 14.4. The van der Waals surface area contributed by atoms with Crippen molar-refractivity contribution in [3.8, 4) is 17.6 Å². The van der Waals surface area contributed by atoms with Gasteiger partial charge in [0.15, 0.2) is 5.82 Å². The fraction of sp³-hybridized carbons (Fsp3) is 0.655. The van der Waals surface area contributed by atoms with Crippen molar-refractivity contribution in [3.05, 3.63) is 29.6 Å². The fourth-order valence-corrected chi connectivity index (χ4v) is 6.10. The zero-order chi connectivity index (χ0) is 29.0. The minimum Gasteiger partial charge on any atom is -0.466 e. The summed E-state index contributed by atoms with van der Waals surface area (Å²) in [5.41, 5.74) is 6.09. The van der Waals surface area contributed by atoms with Gasteiger partial charge in [0.05, 0.1) is 12.7 Å². The number of nitrogens with two attached hydrogens (primary N) is 1. The highest BCUT2D eigenvalue weighted by Crippen LogP contribution is 2.45. The Balaban J connectivity index is 1.57. The summed E-state index contributed by atoms with van der Waals surface area (Å²) in [4.78, 5) is 24.3. The van der Waals surface area contributed by atoms with Gasteiger partial charge in [-0.2, -0.15) is 4.98 Å². The second kappa shape index (κ2) is 12.6. The summed E-state index contributed by atoms with van der Waals surface area (Å²) in [5, 5.41) is 8.29. The molecular formula is C29H44FN7O3. The summed E-state index contributed by atoms with van der Waals surface area (Å²) in [6.07, 6.45) is 3.17. The second-order valence-electron chi connectivity index (χ2n) is 11.7. The maximum atomic E-state index is 14.3. The third-order valence-electron chi connectivity index (χ3n) is 8.16.